The van der Waals surface area contributed by atoms with Gasteiger partial charge in [-0.1, -0.05) is 0 Å². The second kappa shape index (κ2) is 11.2. The van der Waals surface area contributed by atoms with Crippen LogP contribution in [0.2, 0.25) is 0 Å². The van der Waals surface area contributed by atoms with E-state index in [0.717, 1.165) is 20.8 Å². The predicted molar refractivity (Wildman–Crippen MR) is 120 cm³/mol. The van der Waals surface area contributed by atoms with Crippen molar-refractivity contribution in [2.45, 2.75) is 65.3 Å². The summed E-state index contributed by atoms with van der Waals surface area (Å²) >= 11 is 0. The molecule has 1 aromatic heterocycles. The molecule has 0 radical (unpaired) electrons. The van der Waals surface area contributed by atoms with Crippen LogP contribution < -0.4 is 10.4 Å². The third kappa shape index (κ3) is 6.60. The first kappa shape index (κ1) is 26.7. The van der Waals surface area contributed by atoms with Gasteiger partial charge in [0.05, 0.1) is 0 Å². The van der Waals surface area contributed by atoms with Crippen molar-refractivity contribution in [3.63, 3.8) is 0 Å². The van der Waals surface area contributed by atoms with Crippen LogP contribution in [0.4, 0.5) is 0 Å². The molecule has 5 unspecified atom stereocenters. The topological polar surface area (TPSA) is 154 Å². The summed E-state index contributed by atoms with van der Waals surface area (Å²) in [6.07, 6.45) is -6.61. The number of fused-ring (bicyclic) bond motifs is 1. The summed E-state index contributed by atoms with van der Waals surface area (Å²) in [4.78, 5) is 58.9. The van der Waals surface area contributed by atoms with Crippen LogP contribution in [-0.2, 0) is 42.9 Å². The minimum absolute atomic E-state index is 0.164. The number of ether oxygens (including phenoxy) is 6. The summed E-state index contributed by atoms with van der Waals surface area (Å²) in [5, 5.41) is 0.670. The molecular weight excluding hydrogens is 480 g/mol. The minimum atomic E-state index is -1.40. The van der Waals surface area contributed by atoms with E-state index in [4.69, 9.17) is 32.8 Å². The standard InChI is InChI=1S/C24H26O12/c1-11-8-20(29)35-18-9-16(6-7-17(11)18)34-24-23(33-15(5)28)22(32-14(4)27)21(31-13(3)26)19(36-24)10-30-12(2)25/h6-9,19,21-24H,10H2,1-5H3. The molecule has 194 valence electrons. The molecule has 12 heteroatoms. The molecule has 3 rings (SSSR count). The van der Waals surface area contributed by atoms with Gasteiger partial charge in [-0.15, -0.1) is 0 Å². The van der Waals surface area contributed by atoms with Crippen molar-refractivity contribution < 1.29 is 52.0 Å². The predicted octanol–water partition coefficient (Wildman–Crippen LogP) is 1.56. The van der Waals surface area contributed by atoms with Gasteiger partial charge in [0.1, 0.15) is 24.0 Å². The Morgan fingerprint density at radius 3 is 2.06 bits per heavy atom. The van der Waals surface area contributed by atoms with E-state index in [0.29, 0.717) is 10.9 Å². The van der Waals surface area contributed by atoms with Crippen molar-refractivity contribution in [2.75, 3.05) is 6.61 Å². The van der Waals surface area contributed by atoms with E-state index >= 15 is 0 Å². The molecule has 1 aliphatic heterocycles. The Hall–Kier alpha value is -3.93. The van der Waals surface area contributed by atoms with Gasteiger partial charge in [-0.2, -0.15) is 0 Å². The fourth-order valence-corrected chi connectivity index (χ4v) is 3.80. The molecule has 5 atom stereocenters. The molecule has 0 aliphatic carbocycles. The first-order chi connectivity index (χ1) is 16.9. The molecule has 36 heavy (non-hydrogen) atoms. The first-order valence-corrected chi connectivity index (χ1v) is 11.0. The van der Waals surface area contributed by atoms with Crippen LogP contribution in [0.3, 0.4) is 0 Å². The number of carbonyl (C=O) groups is 4. The van der Waals surface area contributed by atoms with E-state index in [1.807, 2.05) is 0 Å². The average molecular weight is 506 g/mol. The Kier molecular flexibility index (Phi) is 8.30. The van der Waals surface area contributed by atoms with Gasteiger partial charge in [0.15, 0.2) is 12.2 Å². The lowest BCUT2D eigenvalue weighted by molar-refractivity contribution is -0.288. The quantitative estimate of drug-likeness (QED) is 0.304. The van der Waals surface area contributed by atoms with Crippen LogP contribution in [0.15, 0.2) is 33.5 Å². The maximum Gasteiger partial charge on any atom is 0.336 e. The Bertz CT molecular complexity index is 1220. The number of rotatable bonds is 7. The van der Waals surface area contributed by atoms with Gasteiger partial charge in [-0.3, -0.25) is 19.2 Å². The fourth-order valence-electron chi connectivity index (χ4n) is 3.80. The summed E-state index contributed by atoms with van der Waals surface area (Å²) in [5.74, 6) is -2.73. The molecule has 1 aromatic carbocycles. The summed E-state index contributed by atoms with van der Waals surface area (Å²) in [6.45, 7) is 5.91. The molecule has 1 aliphatic rings. The highest BCUT2D eigenvalue weighted by Crippen LogP contribution is 2.32. The Balaban J connectivity index is 2.02. The molecule has 0 bridgehead atoms. The van der Waals surface area contributed by atoms with Crippen molar-refractivity contribution >= 4 is 34.8 Å². The van der Waals surface area contributed by atoms with E-state index < -0.39 is 60.2 Å². The molecule has 0 spiro atoms. The Morgan fingerprint density at radius 2 is 1.44 bits per heavy atom. The monoisotopic (exact) mass is 506 g/mol. The first-order valence-electron chi connectivity index (χ1n) is 11.0. The molecule has 0 N–H and O–H groups in total. The zero-order valence-corrected chi connectivity index (χ0v) is 20.3. The van der Waals surface area contributed by atoms with Gasteiger partial charge in [0.2, 0.25) is 12.4 Å². The normalized spacial score (nSPS) is 23.4. The second-order valence-corrected chi connectivity index (χ2v) is 8.09. The van der Waals surface area contributed by atoms with E-state index in [1.165, 1.54) is 19.1 Å². The largest absolute Gasteiger partial charge is 0.463 e. The maximum atomic E-state index is 11.9. The van der Waals surface area contributed by atoms with Crippen molar-refractivity contribution in [1.29, 1.82) is 0 Å². The van der Waals surface area contributed by atoms with Gasteiger partial charge in [0, 0.05) is 45.2 Å². The fraction of sp³-hybridized carbons (Fsp3) is 0.458. The molecule has 0 saturated carbocycles. The molecule has 1 fully saturated rings. The summed E-state index contributed by atoms with van der Waals surface area (Å²) in [5.41, 5.74) is 0.382. The lowest BCUT2D eigenvalue weighted by atomic mass is 9.98. The lowest BCUT2D eigenvalue weighted by Crippen LogP contribution is -2.63. The molecule has 2 heterocycles. The van der Waals surface area contributed by atoms with Crippen molar-refractivity contribution in [3.05, 3.63) is 40.2 Å². The van der Waals surface area contributed by atoms with Crippen LogP contribution in [0.1, 0.15) is 33.3 Å². The van der Waals surface area contributed by atoms with Crippen molar-refractivity contribution in [1.82, 2.24) is 0 Å². The van der Waals surface area contributed by atoms with E-state index in [9.17, 15) is 24.0 Å². The number of hydrogen-bond acceptors (Lipinski definition) is 12. The van der Waals surface area contributed by atoms with Gasteiger partial charge in [-0.25, -0.2) is 4.79 Å². The van der Waals surface area contributed by atoms with Crippen molar-refractivity contribution in [2.24, 2.45) is 0 Å². The average Bonchev–Trinajstić information content (AvgIpc) is 2.75. The number of carbonyl (C=O) groups excluding carboxylic acids is 4. The number of benzene rings is 1. The highest BCUT2D eigenvalue weighted by atomic mass is 16.7. The Morgan fingerprint density at radius 1 is 0.833 bits per heavy atom. The van der Waals surface area contributed by atoms with E-state index in [-0.39, 0.29) is 17.9 Å². The van der Waals surface area contributed by atoms with Crippen molar-refractivity contribution in [3.8, 4) is 5.75 Å². The van der Waals surface area contributed by atoms with E-state index in [1.54, 1.807) is 19.1 Å². The molecule has 1 saturated heterocycles. The van der Waals surface area contributed by atoms with Crippen LogP contribution in [-0.4, -0.2) is 61.2 Å². The van der Waals surface area contributed by atoms with Gasteiger partial charge >= 0.3 is 29.5 Å². The van der Waals surface area contributed by atoms with E-state index in [2.05, 4.69) is 0 Å². The van der Waals surface area contributed by atoms with Gasteiger partial charge in [-0.05, 0) is 24.6 Å². The van der Waals surface area contributed by atoms with Gasteiger partial charge < -0.3 is 32.8 Å². The highest BCUT2D eigenvalue weighted by Gasteiger charge is 2.53. The van der Waals surface area contributed by atoms with Crippen LogP contribution >= 0.6 is 0 Å². The third-order valence-corrected chi connectivity index (χ3v) is 5.12. The zero-order valence-electron chi connectivity index (χ0n) is 20.3. The number of aryl methyl sites for hydroxylation is 1. The maximum absolute atomic E-state index is 11.9. The summed E-state index contributed by atoms with van der Waals surface area (Å²) in [7, 11) is 0. The van der Waals surface area contributed by atoms with Crippen LogP contribution in [0, 0.1) is 6.92 Å². The Labute approximate surface area is 205 Å². The summed E-state index contributed by atoms with van der Waals surface area (Å²) < 4.78 is 38.2. The lowest BCUT2D eigenvalue weighted by Gasteiger charge is -2.43. The van der Waals surface area contributed by atoms with Crippen LogP contribution in [0.5, 0.6) is 5.75 Å². The van der Waals surface area contributed by atoms with Crippen LogP contribution in [0.25, 0.3) is 11.0 Å². The number of esters is 4. The molecule has 0 amide bonds. The molecular formula is C24H26O12. The zero-order chi connectivity index (χ0) is 26.6. The SMILES string of the molecule is CC(=O)OCC1OC(Oc2ccc3c(C)cc(=O)oc3c2)C(OC(C)=O)C(OC(C)=O)C1OC(C)=O. The summed E-state index contributed by atoms with van der Waals surface area (Å²) in [6, 6.07) is 6.03. The smallest absolute Gasteiger partial charge is 0.336 e. The second-order valence-electron chi connectivity index (χ2n) is 8.09. The van der Waals surface area contributed by atoms with Gasteiger partial charge in [0.25, 0.3) is 0 Å². The molecule has 12 nitrogen and oxygen atoms in total. The molecule has 2 aromatic rings. The third-order valence-electron chi connectivity index (χ3n) is 5.12. The number of hydrogen-bond donors (Lipinski definition) is 0. The highest BCUT2D eigenvalue weighted by molar-refractivity contribution is 5.81. The minimum Gasteiger partial charge on any atom is -0.463 e.